The van der Waals surface area contributed by atoms with Crippen molar-refractivity contribution in [3.05, 3.63) is 29.8 Å². The highest BCUT2D eigenvalue weighted by atomic mass is 16.3. The van der Waals surface area contributed by atoms with Crippen LogP contribution in [-0.2, 0) is 6.42 Å². The molecule has 1 rings (SSSR count). The minimum Gasteiger partial charge on any atom is -0.508 e. The Hall–Kier alpha value is -1.02. The lowest BCUT2D eigenvalue weighted by atomic mass is 9.91. The van der Waals surface area contributed by atoms with E-state index in [2.05, 4.69) is 6.92 Å². The van der Waals surface area contributed by atoms with Gasteiger partial charge in [-0.1, -0.05) is 38.3 Å². The van der Waals surface area contributed by atoms with Gasteiger partial charge in [0.05, 0.1) is 5.60 Å². The minimum absolute atomic E-state index is 0.273. The third kappa shape index (κ3) is 4.67. The monoisotopic (exact) mass is 222 g/mol. The maximum absolute atomic E-state index is 10.2. The molecule has 1 unspecified atom stereocenters. The van der Waals surface area contributed by atoms with Crippen molar-refractivity contribution >= 4 is 0 Å². The molecule has 1 atom stereocenters. The van der Waals surface area contributed by atoms with Crippen LogP contribution in [-0.4, -0.2) is 15.8 Å². The van der Waals surface area contributed by atoms with Crippen molar-refractivity contribution in [2.45, 2.75) is 51.6 Å². The van der Waals surface area contributed by atoms with E-state index in [1.807, 2.05) is 19.1 Å². The summed E-state index contributed by atoms with van der Waals surface area (Å²) in [6.45, 7) is 4.05. The fraction of sp³-hybridized carbons (Fsp3) is 0.571. The summed E-state index contributed by atoms with van der Waals surface area (Å²) in [7, 11) is 0. The summed E-state index contributed by atoms with van der Waals surface area (Å²) in [5.74, 6) is 0.273. The second-order valence-corrected chi connectivity index (χ2v) is 4.80. The van der Waals surface area contributed by atoms with Gasteiger partial charge in [-0.2, -0.15) is 0 Å². The molecular weight excluding hydrogens is 200 g/mol. The number of benzene rings is 1. The molecule has 0 saturated carbocycles. The van der Waals surface area contributed by atoms with Crippen LogP contribution in [0.25, 0.3) is 0 Å². The molecule has 2 nitrogen and oxygen atoms in total. The number of rotatable bonds is 6. The molecular formula is C14H22O2. The topological polar surface area (TPSA) is 40.5 Å². The number of hydrogen-bond donors (Lipinski definition) is 2. The molecule has 0 bridgehead atoms. The van der Waals surface area contributed by atoms with Gasteiger partial charge in [-0.3, -0.25) is 0 Å². The lowest BCUT2D eigenvalue weighted by Crippen LogP contribution is -2.26. The van der Waals surface area contributed by atoms with Crippen molar-refractivity contribution in [1.82, 2.24) is 0 Å². The van der Waals surface area contributed by atoms with Crippen LogP contribution >= 0.6 is 0 Å². The molecule has 0 spiro atoms. The lowest BCUT2D eigenvalue weighted by molar-refractivity contribution is 0.0486. The molecule has 0 aliphatic heterocycles. The van der Waals surface area contributed by atoms with Crippen LogP contribution in [0, 0.1) is 0 Å². The minimum atomic E-state index is -0.633. The van der Waals surface area contributed by atoms with E-state index in [0.717, 1.165) is 18.4 Å². The first-order chi connectivity index (χ1) is 7.53. The number of phenols is 1. The standard InChI is InChI=1S/C14H22O2/c1-3-4-5-10-14(2,16)11-12-6-8-13(15)9-7-12/h6-9,15-16H,3-5,10-11H2,1-2H3. The third-order valence-corrected chi connectivity index (χ3v) is 2.84. The van der Waals surface area contributed by atoms with Crippen LogP contribution in [0.4, 0.5) is 0 Å². The molecule has 0 fully saturated rings. The average Bonchev–Trinajstić information content (AvgIpc) is 2.21. The number of hydrogen-bond acceptors (Lipinski definition) is 2. The zero-order valence-corrected chi connectivity index (χ0v) is 10.2. The quantitative estimate of drug-likeness (QED) is 0.725. The second-order valence-electron chi connectivity index (χ2n) is 4.80. The molecule has 0 aliphatic rings. The molecule has 0 radical (unpaired) electrons. The maximum atomic E-state index is 10.2. The molecule has 90 valence electrons. The van der Waals surface area contributed by atoms with E-state index in [4.69, 9.17) is 5.11 Å². The number of phenolic OH excluding ortho intramolecular Hbond substituents is 1. The van der Waals surface area contributed by atoms with Gasteiger partial charge in [0.2, 0.25) is 0 Å². The third-order valence-electron chi connectivity index (χ3n) is 2.84. The number of aromatic hydroxyl groups is 1. The first-order valence-electron chi connectivity index (χ1n) is 6.04. The highest BCUT2D eigenvalue weighted by molar-refractivity contribution is 5.26. The molecule has 0 heterocycles. The van der Waals surface area contributed by atoms with Gasteiger partial charge >= 0.3 is 0 Å². The van der Waals surface area contributed by atoms with Crippen molar-refractivity contribution in [2.75, 3.05) is 0 Å². The van der Waals surface area contributed by atoms with Crippen LogP contribution in [0.5, 0.6) is 5.75 Å². The molecule has 1 aromatic carbocycles. The average molecular weight is 222 g/mol. The highest BCUT2D eigenvalue weighted by Crippen LogP contribution is 2.21. The van der Waals surface area contributed by atoms with Crippen LogP contribution in [0.1, 0.15) is 45.1 Å². The van der Waals surface area contributed by atoms with Gasteiger partial charge in [-0.15, -0.1) is 0 Å². The molecule has 0 aliphatic carbocycles. The summed E-state index contributed by atoms with van der Waals surface area (Å²) >= 11 is 0. The Bertz CT molecular complexity index is 301. The Morgan fingerprint density at radius 2 is 1.75 bits per heavy atom. The zero-order chi connectivity index (χ0) is 12.0. The van der Waals surface area contributed by atoms with Gasteiger partial charge in [0.25, 0.3) is 0 Å². The van der Waals surface area contributed by atoms with E-state index < -0.39 is 5.60 Å². The lowest BCUT2D eigenvalue weighted by Gasteiger charge is -2.23. The van der Waals surface area contributed by atoms with Crippen molar-refractivity contribution in [3.63, 3.8) is 0 Å². The molecule has 1 aromatic rings. The molecule has 2 heteroatoms. The summed E-state index contributed by atoms with van der Waals surface area (Å²) < 4.78 is 0. The largest absolute Gasteiger partial charge is 0.508 e. The second kappa shape index (κ2) is 5.90. The normalized spacial score (nSPS) is 14.7. The Morgan fingerprint density at radius 3 is 2.31 bits per heavy atom. The van der Waals surface area contributed by atoms with E-state index >= 15 is 0 Å². The Balaban J connectivity index is 2.48. The first kappa shape index (κ1) is 13.0. The van der Waals surface area contributed by atoms with Crippen molar-refractivity contribution in [2.24, 2.45) is 0 Å². The summed E-state index contributed by atoms with van der Waals surface area (Å²) in [6.07, 6.45) is 4.90. The molecule has 0 saturated heterocycles. The van der Waals surface area contributed by atoms with Crippen molar-refractivity contribution < 1.29 is 10.2 Å². The van der Waals surface area contributed by atoms with Gasteiger partial charge < -0.3 is 10.2 Å². The molecule has 0 amide bonds. The Morgan fingerprint density at radius 1 is 1.12 bits per heavy atom. The fourth-order valence-corrected chi connectivity index (χ4v) is 1.90. The number of unbranched alkanes of at least 4 members (excludes halogenated alkanes) is 2. The van der Waals surface area contributed by atoms with E-state index in [-0.39, 0.29) is 5.75 Å². The fourth-order valence-electron chi connectivity index (χ4n) is 1.90. The summed E-state index contributed by atoms with van der Waals surface area (Å²) in [5.41, 5.74) is 0.436. The SMILES string of the molecule is CCCCCC(C)(O)Cc1ccc(O)cc1. The van der Waals surface area contributed by atoms with Crippen molar-refractivity contribution in [1.29, 1.82) is 0 Å². The van der Waals surface area contributed by atoms with E-state index in [1.54, 1.807) is 12.1 Å². The van der Waals surface area contributed by atoms with Gasteiger partial charge in [0.1, 0.15) is 5.75 Å². The summed E-state index contributed by atoms with van der Waals surface area (Å²) in [5, 5.41) is 19.4. The smallest absolute Gasteiger partial charge is 0.115 e. The maximum Gasteiger partial charge on any atom is 0.115 e. The molecule has 0 aromatic heterocycles. The van der Waals surface area contributed by atoms with Gasteiger partial charge in [-0.25, -0.2) is 0 Å². The molecule has 16 heavy (non-hydrogen) atoms. The van der Waals surface area contributed by atoms with E-state index in [0.29, 0.717) is 6.42 Å². The first-order valence-corrected chi connectivity index (χ1v) is 6.04. The van der Waals surface area contributed by atoms with Crippen LogP contribution in [0.2, 0.25) is 0 Å². The number of aliphatic hydroxyl groups is 1. The van der Waals surface area contributed by atoms with E-state index in [9.17, 15) is 5.11 Å². The highest BCUT2D eigenvalue weighted by Gasteiger charge is 2.19. The van der Waals surface area contributed by atoms with Gasteiger partial charge in [0.15, 0.2) is 0 Å². The van der Waals surface area contributed by atoms with Gasteiger partial charge in [0, 0.05) is 6.42 Å². The predicted molar refractivity (Wildman–Crippen MR) is 66.6 cm³/mol. The Kier molecular flexibility index (Phi) is 4.81. The predicted octanol–water partition coefficient (Wildman–Crippen LogP) is 3.27. The van der Waals surface area contributed by atoms with Crippen molar-refractivity contribution in [3.8, 4) is 5.75 Å². The van der Waals surface area contributed by atoms with Crippen LogP contribution < -0.4 is 0 Å². The van der Waals surface area contributed by atoms with Gasteiger partial charge in [-0.05, 0) is 31.0 Å². The molecule has 2 N–H and O–H groups in total. The summed E-state index contributed by atoms with van der Waals surface area (Å²) in [4.78, 5) is 0. The van der Waals surface area contributed by atoms with Crippen LogP contribution in [0.15, 0.2) is 24.3 Å². The Labute approximate surface area is 97.9 Å². The van der Waals surface area contributed by atoms with Crippen LogP contribution in [0.3, 0.4) is 0 Å². The van der Waals surface area contributed by atoms with E-state index in [1.165, 1.54) is 12.8 Å². The summed E-state index contributed by atoms with van der Waals surface area (Å²) in [6, 6.07) is 7.06. The zero-order valence-electron chi connectivity index (χ0n) is 10.2.